The minimum atomic E-state index is -5.14. The van der Waals surface area contributed by atoms with Crippen molar-refractivity contribution < 1.29 is 32.6 Å². The zero-order valence-corrected chi connectivity index (χ0v) is 17.7. The Morgan fingerprint density at radius 1 is 1.33 bits per heavy atom. The van der Waals surface area contributed by atoms with Crippen LogP contribution in [0, 0.1) is 17.8 Å². The van der Waals surface area contributed by atoms with E-state index >= 15 is 0 Å². The van der Waals surface area contributed by atoms with Crippen LogP contribution >= 0.6 is 39.2 Å². The Hall–Kier alpha value is -1.01. The lowest BCUT2D eigenvalue weighted by Crippen LogP contribution is -2.08. The largest absolute Gasteiger partial charge is 0.481 e. The highest BCUT2D eigenvalue weighted by Gasteiger charge is 2.32. The quantitative estimate of drug-likeness (QED) is 0.339. The van der Waals surface area contributed by atoms with Crippen LogP contribution in [-0.2, 0) is 30.9 Å². The van der Waals surface area contributed by atoms with Crippen molar-refractivity contribution in [2.24, 2.45) is 0 Å². The summed E-state index contributed by atoms with van der Waals surface area (Å²) in [5.41, 5.74) is 7.41. The first-order valence-electron chi connectivity index (χ1n) is 7.39. The monoisotopic (exact) mass is 456 g/mol. The second-order valence-electron chi connectivity index (χ2n) is 5.41. The van der Waals surface area contributed by atoms with Gasteiger partial charge in [0.15, 0.2) is 3.95 Å². The fourth-order valence-corrected chi connectivity index (χ4v) is 5.21. The predicted molar refractivity (Wildman–Crippen MR) is 101 cm³/mol. The van der Waals surface area contributed by atoms with E-state index in [0.717, 1.165) is 10.6 Å². The fourth-order valence-electron chi connectivity index (χ4n) is 2.15. The minimum absolute atomic E-state index is 0.197. The molecule has 0 saturated heterocycles. The number of nitrogen functional groups attached to an aromatic ring is 1. The van der Waals surface area contributed by atoms with Gasteiger partial charge in [-0.05, 0) is 26.1 Å². The predicted octanol–water partition coefficient (Wildman–Crippen LogP) is 2.09. The Morgan fingerprint density at radius 3 is 2.59 bits per heavy atom. The topological polar surface area (TPSA) is 170 Å². The summed E-state index contributed by atoms with van der Waals surface area (Å²) in [4.78, 5) is 35.4. The summed E-state index contributed by atoms with van der Waals surface area (Å²) in [6.45, 7) is 3.63. The van der Waals surface area contributed by atoms with Crippen molar-refractivity contribution in [3.05, 3.63) is 32.1 Å². The Bertz CT molecular complexity index is 987. The van der Waals surface area contributed by atoms with Gasteiger partial charge in [-0.25, -0.2) is 19.1 Å². The summed E-state index contributed by atoms with van der Waals surface area (Å²) < 4.78 is 32.8. The van der Waals surface area contributed by atoms with Crippen molar-refractivity contribution in [2.45, 2.75) is 26.8 Å². The third-order valence-corrected chi connectivity index (χ3v) is 7.18. The maximum Gasteiger partial charge on any atom is 0.481 e. The van der Waals surface area contributed by atoms with E-state index in [9.17, 15) is 14.0 Å². The number of nitrogens with zero attached hydrogens (tertiary/aromatic N) is 3. The molecular formula is C12H18N4O7P2S2. The van der Waals surface area contributed by atoms with Gasteiger partial charge < -0.3 is 25.0 Å². The molecule has 0 aromatic carbocycles. The Kier molecular flexibility index (Phi) is 7.06. The lowest BCUT2D eigenvalue weighted by molar-refractivity contribution is 0.180. The van der Waals surface area contributed by atoms with Crippen LogP contribution in [0.2, 0.25) is 0 Å². The van der Waals surface area contributed by atoms with Crippen molar-refractivity contribution in [1.82, 2.24) is 14.5 Å². The van der Waals surface area contributed by atoms with Gasteiger partial charge in [0.25, 0.3) is 0 Å². The van der Waals surface area contributed by atoms with E-state index < -0.39 is 15.6 Å². The van der Waals surface area contributed by atoms with Crippen LogP contribution in [0.3, 0.4) is 0 Å². The second kappa shape index (κ2) is 8.56. The van der Waals surface area contributed by atoms with E-state index in [4.69, 9.17) is 27.7 Å². The number of hydrogen-bond donors (Lipinski definition) is 4. The maximum atomic E-state index is 11.5. The standard InChI is InChI=1S/C12H18N4O7P2S2/c1-7-10(3-4-22-25(20,21)23-24(17,18)19)27-12(26)16(7)6-9-5-14-8(2)15-11(9)13/h5H,3-4,6H2,1-2H3,(H,20,21)(H2,13,14,15)(H2,17,18,19). The van der Waals surface area contributed by atoms with Gasteiger partial charge >= 0.3 is 15.6 Å². The molecule has 11 nitrogen and oxygen atoms in total. The number of nitrogens with two attached hydrogens (primary N) is 1. The van der Waals surface area contributed by atoms with E-state index in [1.165, 1.54) is 11.3 Å². The summed E-state index contributed by atoms with van der Waals surface area (Å²) >= 11 is 6.63. The molecule has 2 heterocycles. The fraction of sp³-hybridized carbons (Fsp3) is 0.417. The molecule has 1 atom stereocenters. The van der Waals surface area contributed by atoms with E-state index in [0.29, 0.717) is 27.7 Å². The summed E-state index contributed by atoms with van der Waals surface area (Å²) in [5, 5.41) is 0. The number of phosphoric ester groups is 1. The van der Waals surface area contributed by atoms with Gasteiger partial charge in [0.05, 0.1) is 13.2 Å². The number of rotatable bonds is 8. The molecule has 2 aromatic heterocycles. The molecule has 150 valence electrons. The normalized spacial score (nSPS) is 14.3. The highest BCUT2D eigenvalue weighted by Crippen LogP contribution is 2.57. The molecule has 0 aliphatic rings. The molecule has 0 aliphatic heterocycles. The van der Waals surface area contributed by atoms with Crippen LogP contribution < -0.4 is 5.73 Å². The SMILES string of the molecule is Cc1ncc(Cn2c(C)c(CCOP(=O)(O)OP(=O)(O)O)sc2=S)c(N)n1. The van der Waals surface area contributed by atoms with Crippen LogP contribution in [0.15, 0.2) is 6.20 Å². The van der Waals surface area contributed by atoms with Crippen molar-refractivity contribution >= 4 is 45.0 Å². The maximum absolute atomic E-state index is 11.5. The number of anilines is 1. The average molecular weight is 456 g/mol. The molecule has 27 heavy (non-hydrogen) atoms. The average Bonchev–Trinajstić information content (AvgIpc) is 2.74. The van der Waals surface area contributed by atoms with Crippen LogP contribution in [0.1, 0.15) is 22.0 Å². The molecule has 0 bridgehead atoms. The van der Waals surface area contributed by atoms with Gasteiger partial charge in [-0.2, -0.15) is 4.31 Å². The van der Waals surface area contributed by atoms with E-state index in [1.54, 1.807) is 13.1 Å². The van der Waals surface area contributed by atoms with Crippen molar-refractivity contribution in [1.29, 1.82) is 0 Å². The van der Waals surface area contributed by atoms with Gasteiger partial charge in [-0.15, -0.1) is 11.3 Å². The van der Waals surface area contributed by atoms with Gasteiger partial charge in [0, 0.05) is 28.8 Å². The molecule has 0 spiro atoms. The second-order valence-corrected chi connectivity index (χ2v) is 9.97. The zero-order chi connectivity index (χ0) is 20.4. The minimum Gasteiger partial charge on any atom is -0.383 e. The summed E-state index contributed by atoms with van der Waals surface area (Å²) in [6, 6.07) is 0. The summed E-state index contributed by atoms with van der Waals surface area (Å²) in [7, 11) is -10.0. The van der Waals surface area contributed by atoms with Gasteiger partial charge in [-0.1, -0.05) is 0 Å². The first-order valence-corrected chi connectivity index (χ1v) is 11.6. The molecule has 5 N–H and O–H groups in total. The lowest BCUT2D eigenvalue weighted by atomic mass is 10.2. The molecule has 0 saturated carbocycles. The number of aromatic nitrogens is 3. The molecular weight excluding hydrogens is 438 g/mol. The lowest BCUT2D eigenvalue weighted by Gasteiger charge is -2.12. The van der Waals surface area contributed by atoms with E-state index in [-0.39, 0.29) is 13.0 Å². The first kappa shape index (κ1) is 22.3. The smallest absolute Gasteiger partial charge is 0.383 e. The van der Waals surface area contributed by atoms with Crippen LogP contribution in [0.5, 0.6) is 0 Å². The molecule has 0 amide bonds. The molecule has 0 radical (unpaired) electrons. The Balaban J connectivity index is 2.08. The summed E-state index contributed by atoms with van der Waals surface area (Å²) in [6.07, 6.45) is 1.82. The Morgan fingerprint density at radius 2 is 2.00 bits per heavy atom. The highest BCUT2D eigenvalue weighted by molar-refractivity contribution is 7.73. The number of thiazole rings is 1. The third-order valence-electron chi connectivity index (χ3n) is 3.38. The van der Waals surface area contributed by atoms with Crippen LogP contribution in [-0.4, -0.2) is 35.8 Å². The van der Waals surface area contributed by atoms with Crippen molar-refractivity contribution in [2.75, 3.05) is 12.3 Å². The molecule has 0 fully saturated rings. The number of aryl methyl sites for hydroxylation is 1. The van der Waals surface area contributed by atoms with E-state index in [2.05, 4.69) is 18.8 Å². The first-order chi connectivity index (χ1) is 12.4. The van der Waals surface area contributed by atoms with E-state index in [1.807, 2.05) is 11.5 Å². The van der Waals surface area contributed by atoms with Gasteiger partial charge in [-0.3, -0.25) is 4.52 Å². The van der Waals surface area contributed by atoms with Crippen molar-refractivity contribution in [3.8, 4) is 0 Å². The van der Waals surface area contributed by atoms with Crippen LogP contribution in [0.4, 0.5) is 5.82 Å². The van der Waals surface area contributed by atoms with Gasteiger partial charge in [0.1, 0.15) is 11.6 Å². The third kappa shape index (κ3) is 6.53. The summed E-state index contributed by atoms with van der Waals surface area (Å²) in [5.74, 6) is 0.918. The highest BCUT2D eigenvalue weighted by atomic mass is 32.1. The zero-order valence-electron chi connectivity index (χ0n) is 14.3. The molecule has 2 rings (SSSR count). The molecule has 15 heteroatoms. The van der Waals surface area contributed by atoms with Gasteiger partial charge in [0.2, 0.25) is 0 Å². The van der Waals surface area contributed by atoms with Crippen LogP contribution in [0.25, 0.3) is 0 Å². The number of hydrogen-bond acceptors (Lipinski definition) is 9. The molecule has 0 aliphatic carbocycles. The van der Waals surface area contributed by atoms with Crippen molar-refractivity contribution in [3.63, 3.8) is 0 Å². The molecule has 1 unspecified atom stereocenters. The Labute approximate surface area is 163 Å². The molecule has 2 aromatic rings. The number of phosphoric acid groups is 2.